The van der Waals surface area contributed by atoms with E-state index in [0.717, 1.165) is 32.2 Å². The van der Waals surface area contributed by atoms with Crippen LogP contribution < -0.4 is 5.73 Å². The van der Waals surface area contributed by atoms with Crippen LogP contribution in [0.1, 0.15) is 32.1 Å². The molecule has 1 fully saturated rings. The number of hydrogen-bond donors (Lipinski definition) is 1. The second-order valence-corrected chi connectivity index (χ2v) is 3.28. The fourth-order valence-electron chi connectivity index (χ4n) is 1.34. The van der Waals surface area contributed by atoms with E-state index in [9.17, 15) is 4.79 Å². The van der Waals surface area contributed by atoms with Crippen molar-refractivity contribution in [2.45, 2.75) is 32.1 Å². The van der Waals surface area contributed by atoms with E-state index in [1.165, 1.54) is 5.06 Å². The van der Waals surface area contributed by atoms with Crippen LogP contribution in [0, 0.1) is 0 Å². The molecule has 0 saturated carbocycles. The van der Waals surface area contributed by atoms with Crippen LogP contribution in [0.3, 0.4) is 0 Å². The molecule has 0 radical (unpaired) electrons. The van der Waals surface area contributed by atoms with E-state index in [2.05, 4.69) is 0 Å². The lowest BCUT2D eigenvalue weighted by atomic mass is 10.2. The zero-order valence-corrected chi connectivity index (χ0v) is 8.00. The molecule has 1 rings (SSSR count). The molecule has 0 aliphatic carbocycles. The maximum absolute atomic E-state index is 11.4. The van der Waals surface area contributed by atoms with Gasteiger partial charge in [0.1, 0.15) is 0 Å². The fraction of sp³-hybridized carbons (Fsp3) is 0.889. The van der Waals surface area contributed by atoms with Crippen LogP contribution in [0.4, 0.5) is 0 Å². The van der Waals surface area contributed by atoms with Gasteiger partial charge in [0.05, 0.1) is 6.61 Å². The summed E-state index contributed by atoms with van der Waals surface area (Å²) in [6, 6.07) is 0. The molecule has 2 N–H and O–H groups in total. The lowest BCUT2D eigenvalue weighted by Crippen LogP contribution is -2.35. The van der Waals surface area contributed by atoms with Gasteiger partial charge in [-0.05, 0) is 32.2 Å². The number of hydroxylamine groups is 2. The van der Waals surface area contributed by atoms with Gasteiger partial charge in [0.2, 0.25) is 5.91 Å². The standard InChI is InChI=1S/C9H18N2O2/c10-6-2-1-5-9(12)11-7-3-4-8-13-11/h1-8,10H2. The summed E-state index contributed by atoms with van der Waals surface area (Å²) in [6.45, 7) is 2.10. The Balaban J connectivity index is 2.13. The number of carbonyl (C=O) groups excluding carboxylic acids is 1. The van der Waals surface area contributed by atoms with Crippen molar-refractivity contribution in [1.82, 2.24) is 5.06 Å². The van der Waals surface area contributed by atoms with Crippen LogP contribution in [0.5, 0.6) is 0 Å². The van der Waals surface area contributed by atoms with E-state index in [1.807, 2.05) is 0 Å². The molecule has 0 atom stereocenters. The first-order valence-corrected chi connectivity index (χ1v) is 4.98. The smallest absolute Gasteiger partial charge is 0.246 e. The molecule has 4 nitrogen and oxygen atoms in total. The molecule has 0 aromatic heterocycles. The second kappa shape index (κ2) is 5.94. The average Bonchev–Trinajstić information content (AvgIpc) is 2.19. The second-order valence-electron chi connectivity index (χ2n) is 3.28. The first-order chi connectivity index (χ1) is 6.34. The molecular weight excluding hydrogens is 168 g/mol. The van der Waals surface area contributed by atoms with E-state index in [4.69, 9.17) is 10.6 Å². The van der Waals surface area contributed by atoms with Crippen molar-refractivity contribution < 1.29 is 9.63 Å². The zero-order valence-electron chi connectivity index (χ0n) is 8.00. The van der Waals surface area contributed by atoms with Gasteiger partial charge >= 0.3 is 0 Å². The summed E-state index contributed by atoms with van der Waals surface area (Å²) < 4.78 is 0. The highest BCUT2D eigenvalue weighted by Gasteiger charge is 2.16. The highest BCUT2D eigenvalue weighted by atomic mass is 16.7. The van der Waals surface area contributed by atoms with Gasteiger partial charge in [-0.25, -0.2) is 5.06 Å². The number of rotatable bonds is 4. The quantitative estimate of drug-likeness (QED) is 0.656. The van der Waals surface area contributed by atoms with Crippen molar-refractivity contribution in [3.63, 3.8) is 0 Å². The van der Waals surface area contributed by atoms with Gasteiger partial charge < -0.3 is 5.73 Å². The Bertz CT molecular complexity index is 156. The van der Waals surface area contributed by atoms with Crippen LogP contribution >= 0.6 is 0 Å². The van der Waals surface area contributed by atoms with Gasteiger partial charge in [-0.15, -0.1) is 0 Å². The first kappa shape index (κ1) is 10.5. The third-order valence-corrected chi connectivity index (χ3v) is 2.13. The van der Waals surface area contributed by atoms with Crippen LogP contribution in [0.15, 0.2) is 0 Å². The minimum absolute atomic E-state index is 0.105. The molecular formula is C9H18N2O2. The van der Waals surface area contributed by atoms with E-state index >= 15 is 0 Å². The van der Waals surface area contributed by atoms with Gasteiger partial charge in [-0.2, -0.15) is 0 Å². The molecule has 1 amide bonds. The Morgan fingerprint density at radius 2 is 2.23 bits per heavy atom. The summed E-state index contributed by atoms with van der Waals surface area (Å²) in [5.74, 6) is 0.105. The molecule has 1 heterocycles. The Labute approximate surface area is 79.0 Å². The number of carbonyl (C=O) groups is 1. The van der Waals surface area contributed by atoms with Gasteiger partial charge in [-0.3, -0.25) is 9.63 Å². The summed E-state index contributed by atoms with van der Waals surface area (Å²) >= 11 is 0. The van der Waals surface area contributed by atoms with E-state index in [-0.39, 0.29) is 5.91 Å². The fourth-order valence-corrected chi connectivity index (χ4v) is 1.34. The highest BCUT2D eigenvalue weighted by molar-refractivity contribution is 5.75. The van der Waals surface area contributed by atoms with Gasteiger partial charge in [-0.1, -0.05) is 0 Å². The van der Waals surface area contributed by atoms with Gasteiger partial charge in [0.25, 0.3) is 0 Å². The predicted molar refractivity (Wildman–Crippen MR) is 49.8 cm³/mol. The van der Waals surface area contributed by atoms with Crippen LogP contribution in [-0.4, -0.2) is 30.7 Å². The number of nitrogens with two attached hydrogens (primary N) is 1. The molecule has 0 aromatic rings. The minimum Gasteiger partial charge on any atom is -0.330 e. The molecule has 0 unspecified atom stereocenters. The molecule has 0 spiro atoms. The van der Waals surface area contributed by atoms with Crippen molar-refractivity contribution in [2.75, 3.05) is 19.7 Å². The molecule has 1 aliphatic heterocycles. The Morgan fingerprint density at radius 1 is 1.38 bits per heavy atom. The van der Waals surface area contributed by atoms with Crippen LogP contribution in [0.2, 0.25) is 0 Å². The van der Waals surface area contributed by atoms with Crippen LogP contribution in [0.25, 0.3) is 0 Å². The van der Waals surface area contributed by atoms with Crippen molar-refractivity contribution in [3.05, 3.63) is 0 Å². The summed E-state index contributed by atoms with van der Waals surface area (Å²) in [5.41, 5.74) is 5.34. The lowest BCUT2D eigenvalue weighted by Gasteiger charge is -2.25. The van der Waals surface area contributed by atoms with Crippen molar-refractivity contribution in [3.8, 4) is 0 Å². The third kappa shape index (κ3) is 3.74. The average molecular weight is 186 g/mol. The number of hydrogen-bond acceptors (Lipinski definition) is 3. The summed E-state index contributed by atoms with van der Waals surface area (Å²) in [4.78, 5) is 16.7. The molecule has 4 heteroatoms. The molecule has 0 aromatic carbocycles. The first-order valence-electron chi connectivity index (χ1n) is 4.98. The molecule has 0 bridgehead atoms. The van der Waals surface area contributed by atoms with Crippen molar-refractivity contribution in [2.24, 2.45) is 5.73 Å². The van der Waals surface area contributed by atoms with Gasteiger partial charge in [0.15, 0.2) is 0 Å². The van der Waals surface area contributed by atoms with E-state index < -0.39 is 0 Å². The lowest BCUT2D eigenvalue weighted by molar-refractivity contribution is -0.197. The maximum atomic E-state index is 11.4. The Morgan fingerprint density at radius 3 is 2.85 bits per heavy atom. The highest BCUT2D eigenvalue weighted by Crippen LogP contribution is 2.08. The SMILES string of the molecule is NCCCCC(=O)N1CCCCO1. The van der Waals surface area contributed by atoms with Crippen molar-refractivity contribution >= 4 is 5.91 Å². The maximum Gasteiger partial charge on any atom is 0.246 e. The topological polar surface area (TPSA) is 55.6 Å². The van der Waals surface area contributed by atoms with Gasteiger partial charge in [0, 0.05) is 13.0 Å². The molecule has 13 heavy (non-hydrogen) atoms. The number of nitrogens with zero attached hydrogens (tertiary/aromatic N) is 1. The third-order valence-electron chi connectivity index (χ3n) is 2.13. The summed E-state index contributed by atoms with van der Waals surface area (Å²) in [7, 11) is 0. The predicted octanol–water partition coefficient (Wildman–Crippen LogP) is 0.669. The van der Waals surface area contributed by atoms with Crippen molar-refractivity contribution in [1.29, 1.82) is 0 Å². The zero-order chi connectivity index (χ0) is 9.52. The molecule has 1 aliphatic rings. The molecule has 1 saturated heterocycles. The van der Waals surface area contributed by atoms with E-state index in [0.29, 0.717) is 19.6 Å². The number of amides is 1. The normalized spacial score (nSPS) is 17.5. The number of unbranched alkanes of at least 4 members (excludes halogenated alkanes) is 1. The summed E-state index contributed by atoms with van der Waals surface area (Å²) in [6.07, 6.45) is 4.47. The largest absolute Gasteiger partial charge is 0.330 e. The van der Waals surface area contributed by atoms with Crippen LogP contribution in [-0.2, 0) is 9.63 Å². The minimum atomic E-state index is 0.105. The Kier molecular flexibility index (Phi) is 4.78. The Hall–Kier alpha value is -0.610. The summed E-state index contributed by atoms with van der Waals surface area (Å²) in [5, 5.41) is 1.50. The molecule has 76 valence electrons. The monoisotopic (exact) mass is 186 g/mol. The van der Waals surface area contributed by atoms with E-state index in [1.54, 1.807) is 0 Å².